The number of hydrogen-bond donors (Lipinski definition) is 1. The third-order valence-corrected chi connectivity index (χ3v) is 3.12. The van der Waals surface area contributed by atoms with Crippen LogP contribution in [0.3, 0.4) is 0 Å². The van der Waals surface area contributed by atoms with E-state index in [2.05, 4.69) is 22.3 Å². The van der Waals surface area contributed by atoms with Gasteiger partial charge in [-0.3, -0.25) is 0 Å². The molecule has 1 aromatic heterocycles. The van der Waals surface area contributed by atoms with Gasteiger partial charge in [0.25, 0.3) is 0 Å². The molecule has 0 aliphatic heterocycles. The number of nitrogens with one attached hydrogen (secondary N) is 1. The number of nitrogens with zero attached hydrogens (tertiary/aromatic N) is 3. The van der Waals surface area contributed by atoms with Crippen LogP contribution < -0.4 is 14.8 Å². The van der Waals surface area contributed by atoms with Crippen LogP contribution in [0.4, 0.5) is 0 Å². The molecule has 0 aliphatic carbocycles. The Morgan fingerprint density at radius 3 is 2.90 bits per heavy atom. The van der Waals surface area contributed by atoms with Crippen LogP contribution in [-0.4, -0.2) is 28.9 Å². The zero-order chi connectivity index (χ0) is 15.1. The summed E-state index contributed by atoms with van der Waals surface area (Å²) in [6, 6.07) is 5.87. The largest absolute Gasteiger partial charge is 0.493 e. The maximum absolute atomic E-state index is 5.95. The van der Waals surface area contributed by atoms with Crippen molar-refractivity contribution in [2.45, 2.75) is 33.0 Å². The first-order chi connectivity index (χ1) is 10.3. The lowest BCUT2D eigenvalue weighted by atomic mass is 10.2. The molecule has 0 atom stereocenters. The Morgan fingerprint density at radius 2 is 2.19 bits per heavy atom. The Bertz CT molecular complexity index is 569. The maximum Gasteiger partial charge on any atom is 0.166 e. The second kappa shape index (κ2) is 7.64. The van der Waals surface area contributed by atoms with Crippen LogP contribution in [0.2, 0.25) is 0 Å². The average Bonchev–Trinajstić information content (AvgIpc) is 2.94. The normalized spacial score (nSPS) is 10.6. The van der Waals surface area contributed by atoms with E-state index in [0.717, 1.165) is 35.9 Å². The van der Waals surface area contributed by atoms with Crippen LogP contribution in [0.5, 0.6) is 11.5 Å². The molecule has 1 aromatic carbocycles. The Hall–Kier alpha value is -2.08. The second-order valence-corrected chi connectivity index (χ2v) is 4.67. The van der Waals surface area contributed by atoms with E-state index in [9.17, 15) is 0 Å². The molecule has 114 valence electrons. The van der Waals surface area contributed by atoms with Crippen molar-refractivity contribution in [2.24, 2.45) is 0 Å². The molecule has 0 aliphatic rings. The SMILES string of the molecule is CCCn1ncnc1COc1c(CNC)cccc1OC. The predicted molar refractivity (Wildman–Crippen MR) is 80.4 cm³/mol. The fourth-order valence-corrected chi connectivity index (χ4v) is 2.15. The lowest BCUT2D eigenvalue weighted by Crippen LogP contribution is -2.11. The van der Waals surface area contributed by atoms with Crippen molar-refractivity contribution in [1.82, 2.24) is 20.1 Å². The average molecular weight is 290 g/mol. The van der Waals surface area contributed by atoms with Crippen LogP contribution in [0.25, 0.3) is 0 Å². The molecule has 0 fully saturated rings. The first-order valence-electron chi connectivity index (χ1n) is 7.10. The molecule has 0 amide bonds. The number of hydrogen-bond acceptors (Lipinski definition) is 5. The molecule has 0 bridgehead atoms. The second-order valence-electron chi connectivity index (χ2n) is 4.67. The highest BCUT2D eigenvalue weighted by atomic mass is 16.5. The fourth-order valence-electron chi connectivity index (χ4n) is 2.15. The molecule has 0 unspecified atom stereocenters. The number of aromatic nitrogens is 3. The number of para-hydroxylation sites is 1. The Kier molecular flexibility index (Phi) is 5.57. The van der Waals surface area contributed by atoms with Gasteiger partial charge in [0.05, 0.1) is 7.11 Å². The first kappa shape index (κ1) is 15.3. The molecule has 6 nitrogen and oxygen atoms in total. The maximum atomic E-state index is 5.95. The molecule has 0 saturated carbocycles. The summed E-state index contributed by atoms with van der Waals surface area (Å²) in [5.74, 6) is 2.29. The van der Waals surface area contributed by atoms with Gasteiger partial charge in [-0.2, -0.15) is 5.10 Å². The van der Waals surface area contributed by atoms with Crippen molar-refractivity contribution in [3.05, 3.63) is 35.9 Å². The molecular weight excluding hydrogens is 268 g/mol. The highest BCUT2D eigenvalue weighted by molar-refractivity contribution is 5.46. The van der Waals surface area contributed by atoms with E-state index in [1.807, 2.05) is 29.9 Å². The summed E-state index contributed by atoms with van der Waals surface area (Å²) in [4.78, 5) is 4.25. The number of aryl methyl sites for hydroxylation is 1. The summed E-state index contributed by atoms with van der Waals surface area (Å²) < 4.78 is 13.2. The molecule has 0 radical (unpaired) electrons. The van der Waals surface area contributed by atoms with Gasteiger partial charge in [0.2, 0.25) is 0 Å². The molecule has 21 heavy (non-hydrogen) atoms. The van der Waals surface area contributed by atoms with Gasteiger partial charge >= 0.3 is 0 Å². The van der Waals surface area contributed by atoms with Gasteiger partial charge in [-0.25, -0.2) is 9.67 Å². The van der Waals surface area contributed by atoms with Crippen molar-refractivity contribution in [3.8, 4) is 11.5 Å². The Labute approximate surface area is 125 Å². The number of ether oxygens (including phenoxy) is 2. The lowest BCUT2D eigenvalue weighted by Gasteiger charge is -2.15. The van der Waals surface area contributed by atoms with Gasteiger partial charge in [-0.05, 0) is 19.5 Å². The minimum absolute atomic E-state index is 0.372. The van der Waals surface area contributed by atoms with E-state index in [-0.39, 0.29) is 0 Å². The van der Waals surface area contributed by atoms with E-state index in [0.29, 0.717) is 13.2 Å². The molecule has 2 rings (SSSR count). The molecule has 2 aromatic rings. The third kappa shape index (κ3) is 3.72. The van der Waals surface area contributed by atoms with Gasteiger partial charge in [0.15, 0.2) is 17.3 Å². The van der Waals surface area contributed by atoms with Crippen LogP contribution >= 0.6 is 0 Å². The predicted octanol–water partition coefficient (Wildman–Crippen LogP) is 2.00. The molecule has 1 heterocycles. The summed E-state index contributed by atoms with van der Waals surface area (Å²) in [7, 11) is 3.55. The summed E-state index contributed by atoms with van der Waals surface area (Å²) >= 11 is 0. The summed E-state index contributed by atoms with van der Waals surface area (Å²) in [6.45, 7) is 4.04. The van der Waals surface area contributed by atoms with Gasteiger partial charge < -0.3 is 14.8 Å². The zero-order valence-corrected chi connectivity index (χ0v) is 12.8. The van der Waals surface area contributed by atoms with Crippen molar-refractivity contribution >= 4 is 0 Å². The molecular formula is C15H22N4O2. The van der Waals surface area contributed by atoms with E-state index in [4.69, 9.17) is 9.47 Å². The lowest BCUT2D eigenvalue weighted by molar-refractivity contribution is 0.265. The molecule has 6 heteroatoms. The van der Waals surface area contributed by atoms with Gasteiger partial charge in [0.1, 0.15) is 12.9 Å². The number of rotatable bonds is 8. The van der Waals surface area contributed by atoms with Gasteiger partial charge in [-0.1, -0.05) is 19.1 Å². The van der Waals surface area contributed by atoms with E-state index in [1.165, 1.54) is 0 Å². The van der Waals surface area contributed by atoms with E-state index < -0.39 is 0 Å². The first-order valence-corrected chi connectivity index (χ1v) is 7.10. The molecule has 0 saturated heterocycles. The molecule has 0 spiro atoms. The van der Waals surface area contributed by atoms with Crippen LogP contribution in [0.1, 0.15) is 24.7 Å². The Morgan fingerprint density at radius 1 is 1.33 bits per heavy atom. The Balaban J connectivity index is 2.16. The van der Waals surface area contributed by atoms with Crippen molar-refractivity contribution < 1.29 is 9.47 Å². The zero-order valence-electron chi connectivity index (χ0n) is 12.8. The quantitative estimate of drug-likeness (QED) is 0.805. The topological polar surface area (TPSA) is 61.2 Å². The number of methoxy groups -OCH3 is 1. The van der Waals surface area contributed by atoms with Crippen molar-refractivity contribution in [1.29, 1.82) is 0 Å². The van der Waals surface area contributed by atoms with Crippen LogP contribution in [0, 0.1) is 0 Å². The van der Waals surface area contributed by atoms with Crippen molar-refractivity contribution in [2.75, 3.05) is 14.2 Å². The summed E-state index contributed by atoms with van der Waals surface area (Å²) in [6.07, 6.45) is 2.57. The minimum atomic E-state index is 0.372. The summed E-state index contributed by atoms with van der Waals surface area (Å²) in [5.41, 5.74) is 1.05. The van der Waals surface area contributed by atoms with Gasteiger partial charge in [-0.15, -0.1) is 0 Å². The summed E-state index contributed by atoms with van der Waals surface area (Å²) in [5, 5.41) is 7.33. The number of benzene rings is 1. The fraction of sp³-hybridized carbons (Fsp3) is 0.467. The van der Waals surface area contributed by atoms with Crippen LogP contribution in [-0.2, 0) is 19.7 Å². The van der Waals surface area contributed by atoms with Crippen LogP contribution in [0.15, 0.2) is 24.5 Å². The van der Waals surface area contributed by atoms with E-state index in [1.54, 1.807) is 13.4 Å². The minimum Gasteiger partial charge on any atom is -0.493 e. The monoisotopic (exact) mass is 290 g/mol. The standard InChI is InChI=1S/C15H22N4O2/c1-4-8-19-14(17-11-18-19)10-21-15-12(9-16-2)6-5-7-13(15)20-3/h5-7,11,16H,4,8-10H2,1-3H3. The highest BCUT2D eigenvalue weighted by Crippen LogP contribution is 2.31. The van der Waals surface area contributed by atoms with E-state index >= 15 is 0 Å². The van der Waals surface area contributed by atoms with Gasteiger partial charge in [0, 0.05) is 18.7 Å². The molecule has 1 N–H and O–H groups in total. The van der Waals surface area contributed by atoms with Crippen molar-refractivity contribution in [3.63, 3.8) is 0 Å². The third-order valence-electron chi connectivity index (χ3n) is 3.12. The smallest absolute Gasteiger partial charge is 0.166 e. The highest BCUT2D eigenvalue weighted by Gasteiger charge is 2.12.